The molecule has 1 aromatic carbocycles. The molecule has 0 saturated carbocycles. The highest BCUT2D eigenvalue weighted by molar-refractivity contribution is 6.21. The lowest BCUT2D eigenvalue weighted by Crippen LogP contribution is -2.23. The van der Waals surface area contributed by atoms with E-state index in [0.717, 1.165) is 31.2 Å². The molecule has 1 aromatic rings. The van der Waals surface area contributed by atoms with Gasteiger partial charge in [-0.1, -0.05) is 0 Å². The largest absolute Gasteiger partial charge is 0.511 e. The second-order valence-electron chi connectivity index (χ2n) is 4.21. The third kappa shape index (κ3) is 4.51. The molecule has 0 radical (unpaired) electrons. The Morgan fingerprint density at radius 3 is 2.18 bits per heavy atom. The Morgan fingerprint density at radius 2 is 1.77 bits per heavy atom. The summed E-state index contributed by atoms with van der Waals surface area (Å²) in [5.41, 5.74) is -1.44. The zero-order valence-electron chi connectivity index (χ0n) is 11.8. The molecular formula is C14H14F3NO4. The number of halogens is 3. The van der Waals surface area contributed by atoms with E-state index in [0.29, 0.717) is 0 Å². The number of hydrogen-bond acceptors (Lipinski definition) is 4. The summed E-state index contributed by atoms with van der Waals surface area (Å²) >= 11 is 0. The molecule has 0 fully saturated rings. The fourth-order valence-corrected chi connectivity index (χ4v) is 1.54. The van der Waals surface area contributed by atoms with E-state index in [4.69, 9.17) is 0 Å². The smallest absolute Gasteiger partial charge is 0.416 e. The van der Waals surface area contributed by atoms with Gasteiger partial charge in [-0.2, -0.15) is 13.2 Å². The zero-order chi connectivity index (χ0) is 16.9. The average Bonchev–Trinajstić information content (AvgIpc) is 2.38. The van der Waals surface area contributed by atoms with Crippen molar-refractivity contribution in [3.63, 3.8) is 0 Å². The lowest BCUT2D eigenvalue weighted by atomic mass is 10.1. The van der Waals surface area contributed by atoms with Gasteiger partial charge < -0.3 is 15.2 Å². The minimum Gasteiger partial charge on any atom is -0.511 e. The molecule has 8 heteroatoms. The predicted molar refractivity (Wildman–Crippen MR) is 72.0 cm³/mol. The molecule has 0 spiro atoms. The quantitative estimate of drug-likeness (QED) is 0.294. The van der Waals surface area contributed by atoms with Crippen LogP contribution in [0.25, 0.3) is 0 Å². The maximum absolute atomic E-state index is 12.4. The number of benzene rings is 1. The van der Waals surface area contributed by atoms with E-state index in [9.17, 15) is 27.9 Å². The average molecular weight is 317 g/mol. The summed E-state index contributed by atoms with van der Waals surface area (Å²) in [6, 6.07) is 3.65. The summed E-state index contributed by atoms with van der Waals surface area (Å²) < 4.78 is 41.9. The van der Waals surface area contributed by atoms with Crippen LogP contribution in [0.15, 0.2) is 35.6 Å². The molecule has 0 aliphatic heterocycles. The van der Waals surface area contributed by atoms with Crippen LogP contribution in [0.2, 0.25) is 0 Å². The second-order valence-corrected chi connectivity index (χ2v) is 4.21. The maximum Gasteiger partial charge on any atom is 0.416 e. The number of nitrogens with one attached hydrogen (secondary N) is 1. The Balaban J connectivity index is 2.92. The van der Waals surface area contributed by atoms with Gasteiger partial charge in [0.25, 0.3) is 5.91 Å². The molecule has 1 rings (SSSR count). The number of aliphatic hydroxyl groups is 1. The molecule has 2 N–H and O–H groups in total. The third-order valence-electron chi connectivity index (χ3n) is 2.54. The molecule has 0 aliphatic carbocycles. The summed E-state index contributed by atoms with van der Waals surface area (Å²) in [7, 11) is 0. The molecule has 120 valence electrons. The van der Waals surface area contributed by atoms with E-state index in [1.54, 1.807) is 0 Å². The van der Waals surface area contributed by atoms with E-state index in [1.165, 1.54) is 6.92 Å². The summed E-state index contributed by atoms with van der Waals surface area (Å²) in [4.78, 5) is 23.5. The molecule has 0 atom stereocenters. The van der Waals surface area contributed by atoms with Crippen LogP contribution in [0.1, 0.15) is 19.4 Å². The first kappa shape index (κ1) is 17.5. The molecule has 0 aromatic heterocycles. The highest BCUT2D eigenvalue weighted by atomic mass is 19.4. The van der Waals surface area contributed by atoms with Crippen LogP contribution < -0.4 is 5.32 Å². The fraction of sp³-hybridized carbons (Fsp3) is 0.286. The van der Waals surface area contributed by atoms with Crippen molar-refractivity contribution in [1.29, 1.82) is 0 Å². The van der Waals surface area contributed by atoms with Crippen LogP contribution in [0, 0.1) is 0 Å². The Bertz CT molecular complexity index is 587. The summed E-state index contributed by atoms with van der Waals surface area (Å²) in [5.74, 6) is -2.55. The monoisotopic (exact) mass is 317 g/mol. The van der Waals surface area contributed by atoms with Crippen LogP contribution in [0.5, 0.6) is 0 Å². The van der Waals surface area contributed by atoms with Gasteiger partial charge in [-0.25, -0.2) is 4.79 Å². The Labute approximate surface area is 124 Å². The van der Waals surface area contributed by atoms with E-state index in [1.807, 2.05) is 0 Å². The number of alkyl halides is 3. The number of rotatable bonds is 4. The summed E-state index contributed by atoms with van der Waals surface area (Å²) in [5, 5.41) is 11.6. The molecule has 0 bridgehead atoms. The lowest BCUT2D eigenvalue weighted by molar-refractivity contribution is -0.140. The van der Waals surface area contributed by atoms with Crippen molar-refractivity contribution < 1.29 is 32.6 Å². The van der Waals surface area contributed by atoms with Crippen molar-refractivity contribution in [2.24, 2.45) is 0 Å². The summed E-state index contributed by atoms with van der Waals surface area (Å²) in [6.07, 6.45) is -4.49. The van der Waals surface area contributed by atoms with Crippen molar-refractivity contribution in [1.82, 2.24) is 0 Å². The number of hydrogen-bond donors (Lipinski definition) is 2. The van der Waals surface area contributed by atoms with Gasteiger partial charge in [0.2, 0.25) is 0 Å². The lowest BCUT2D eigenvalue weighted by Gasteiger charge is -2.10. The van der Waals surface area contributed by atoms with Gasteiger partial charge in [-0.05, 0) is 38.1 Å². The molecule has 1 amide bonds. The molecule has 0 saturated heterocycles. The standard InChI is InChI=1S/C14H14F3NO4/c1-3-22-13(21)11(8(2)19)12(20)18-10-6-4-9(5-7-10)14(15,16)17/h4-7,19H,3H2,1-2H3,(H,18,20). The number of anilines is 1. The SMILES string of the molecule is CCOC(=O)C(C(=O)Nc1ccc(C(F)(F)F)cc1)=C(C)O. The minimum absolute atomic E-state index is 0.00315. The van der Waals surface area contributed by atoms with Crippen LogP contribution in [-0.2, 0) is 20.5 Å². The molecule has 0 unspecified atom stereocenters. The third-order valence-corrected chi connectivity index (χ3v) is 2.54. The highest BCUT2D eigenvalue weighted by Crippen LogP contribution is 2.29. The molecular weight excluding hydrogens is 303 g/mol. The number of aliphatic hydroxyl groups excluding tert-OH is 1. The van der Waals surface area contributed by atoms with Crippen LogP contribution >= 0.6 is 0 Å². The zero-order valence-corrected chi connectivity index (χ0v) is 11.8. The Kier molecular flexibility index (Phi) is 5.56. The molecule has 22 heavy (non-hydrogen) atoms. The molecule has 0 heterocycles. The van der Waals surface area contributed by atoms with E-state index in [2.05, 4.69) is 10.1 Å². The fourth-order valence-electron chi connectivity index (χ4n) is 1.54. The number of esters is 1. The highest BCUT2D eigenvalue weighted by Gasteiger charge is 2.30. The first-order chi connectivity index (χ1) is 10.2. The number of carbonyl (C=O) groups excluding carboxylic acids is 2. The van der Waals surface area contributed by atoms with Crippen molar-refractivity contribution in [2.45, 2.75) is 20.0 Å². The number of amides is 1. The number of ether oxygens (including phenoxy) is 1. The van der Waals surface area contributed by atoms with Crippen molar-refractivity contribution in [3.8, 4) is 0 Å². The van der Waals surface area contributed by atoms with E-state index in [-0.39, 0.29) is 12.3 Å². The first-order valence-electron chi connectivity index (χ1n) is 6.22. The van der Waals surface area contributed by atoms with Crippen molar-refractivity contribution in [3.05, 3.63) is 41.2 Å². The van der Waals surface area contributed by atoms with Gasteiger partial charge >= 0.3 is 12.1 Å². The summed E-state index contributed by atoms with van der Waals surface area (Å²) in [6.45, 7) is 2.65. The van der Waals surface area contributed by atoms with Crippen LogP contribution in [0.3, 0.4) is 0 Å². The normalized spacial score (nSPS) is 12.4. The second kappa shape index (κ2) is 6.97. The maximum atomic E-state index is 12.4. The van der Waals surface area contributed by atoms with Gasteiger partial charge in [-0.15, -0.1) is 0 Å². The Hall–Kier alpha value is -2.51. The van der Waals surface area contributed by atoms with Gasteiger partial charge in [0.1, 0.15) is 5.76 Å². The number of allylic oxidation sites excluding steroid dienone is 1. The van der Waals surface area contributed by atoms with Crippen LogP contribution in [-0.4, -0.2) is 23.6 Å². The van der Waals surface area contributed by atoms with Crippen molar-refractivity contribution >= 4 is 17.6 Å². The predicted octanol–water partition coefficient (Wildman–Crippen LogP) is 3.04. The number of carbonyl (C=O) groups is 2. The molecule has 0 aliphatic rings. The molecule has 5 nitrogen and oxygen atoms in total. The topological polar surface area (TPSA) is 75.6 Å². The van der Waals surface area contributed by atoms with Gasteiger partial charge in [0.05, 0.1) is 12.2 Å². The van der Waals surface area contributed by atoms with E-state index < -0.39 is 34.9 Å². The van der Waals surface area contributed by atoms with Gasteiger partial charge in [0, 0.05) is 5.69 Å². The van der Waals surface area contributed by atoms with Crippen molar-refractivity contribution in [2.75, 3.05) is 11.9 Å². The van der Waals surface area contributed by atoms with Gasteiger partial charge in [-0.3, -0.25) is 4.79 Å². The van der Waals surface area contributed by atoms with Crippen LogP contribution in [0.4, 0.5) is 18.9 Å². The van der Waals surface area contributed by atoms with Gasteiger partial charge in [0.15, 0.2) is 5.57 Å². The Morgan fingerprint density at radius 1 is 1.23 bits per heavy atom. The first-order valence-corrected chi connectivity index (χ1v) is 6.22. The minimum atomic E-state index is -4.49. The van der Waals surface area contributed by atoms with E-state index >= 15 is 0 Å².